The number of rotatable bonds is 3. The first kappa shape index (κ1) is 14.5. The molecule has 108 valence electrons. The number of hydrogen-bond donors (Lipinski definition) is 1. The summed E-state index contributed by atoms with van der Waals surface area (Å²) in [6.45, 7) is 4.44. The van der Waals surface area contributed by atoms with Gasteiger partial charge in [-0.3, -0.25) is 9.69 Å². The quantitative estimate of drug-likeness (QED) is 0.910. The van der Waals surface area contributed by atoms with Crippen LogP contribution in [0, 0.1) is 0 Å². The van der Waals surface area contributed by atoms with E-state index in [-0.39, 0.29) is 11.5 Å². The van der Waals surface area contributed by atoms with Crippen LogP contribution < -0.4 is 0 Å². The number of carbonyl (C=O) groups is 2. The first-order chi connectivity index (χ1) is 9.52. The molecule has 1 atom stereocenters. The Morgan fingerprint density at radius 2 is 1.80 bits per heavy atom. The van der Waals surface area contributed by atoms with Crippen LogP contribution in [0.2, 0.25) is 0 Å². The number of nitrogens with zero attached hydrogens (tertiary/aromatic N) is 2. The van der Waals surface area contributed by atoms with Crippen molar-refractivity contribution in [2.24, 2.45) is 0 Å². The summed E-state index contributed by atoms with van der Waals surface area (Å²) in [5.41, 5.74) is 0.751. The van der Waals surface area contributed by atoms with Gasteiger partial charge in [0.2, 0.25) is 0 Å². The van der Waals surface area contributed by atoms with Crippen LogP contribution in [-0.2, 0) is 0 Å². The van der Waals surface area contributed by atoms with Crippen LogP contribution in [0.25, 0.3) is 0 Å². The molecule has 1 heterocycles. The van der Waals surface area contributed by atoms with E-state index in [4.69, 9.17) is 5.11 Å². The fourth-order valence-electron chi connectivity index (χ4n) is 2.51. The summed E-state index contributed by atoms with van der Waals surface area (Å²) in [5, 5.41) is 8.86. The van der Waals surface area contributed by atoms with Crippen LogP contribution >= 0.6 is 0 Å². The molecular weight excluding hydrogens is 256 g/mol. The number of carbonyl (C=O) groups excluding carboxylic acids is 1. The highest BCUT2D eigenvalue weighted by Crippen LogP contribution is 2.14. The standard InChI is InChI=1S/C15H20N2O3/c1-3-13-10-17(9-8-16(13)2)14(18)11-4-6-12(7-5-11)15(19)20/h4-7,13H,3,8-10H2,1-2H3,(H,19,20). The minimum Gasteiger partial charge on any atom is -0.478 e. The van der Waals surface area contributed by atoms with Crippen LogP contribution in [0.1, 0.15) is 34.1 Å². The molecule has 1 fully saturated rings. The third-order valence-electron chi connectivity index (χ3n) is 3.91. The van der Waals surface area contributed by atoms with Crippen molar-refractivity contribution in [3.05, 3.63) is 35.4 Å². The molecule has 1 saturated heterocycles. The molecule has 1 aliphatic heterocycles. The number of benzene rings is 1. The molecule has 0 aromatic heterocycles. The molecule has 0 aliphatic carbocycles. The lowest BCUT2D eigenvalue weighted by molar-refractivity contribution is 0.0541. The second kappa shape index (κ2) is 6.05. The first-order valence-electron chi connectivity index (χ1n) is 6.85. The Balaban J connectivity index is 2.09. The van der Waals surface area contributed by atoms with E-state index in [9.17, 15) is 9.59 Å². The third kappa shape index (κ3) is 2.99. The zero-order valence-electron chi connectivity index (χ0n) is 11.9. The average Bonchev–Trinajstić information content (AvgIpc) is 2.47. The van der Waals surface area contributed by atoms with Crippen molar-refractivity contribution in [2.45, 2.75) is 19.4 Å². The molecule has 1 N–H and O–H groups in total. The molecule has 2 rings (SSSR count). The van der Waals surface area contributed by atoms with Crippen molar-refractivity contribution in [1.29, 1.82) is 0 Å². The van der Waals surface area contributed by atoms with Gasteiger partial charge in [0, 0.05) is 31.2 Å². The Labute approximate surface area is 118 Å². The van der Waals surface area contributed by atoms with Gasteiger partial charge < -0.3 is 10.0 Å². The fourth-order valence-corrected chi connectivity index (χ4v) is 2.51. The smallest absolute Gasteiger partial charge is 0.335 e. The zero-order valence-corrected chi connectivity index (χ0v) is 11.9. The second-order valence-electron chi connectivity index (χ2n) is 5.18. The molecule has 20 heavy (non-hydrogen) atoms. The molecule has 1 aromatic carbocycles. The van der Waals surface area contributed by atoms with Crippen LogP contribution in [-0.4, -0.2) is 59.5 Å². The zero-order chi connectivity index (χ0) is 14.7. The van der Waals surface area contributed by atoms with E-state index in [1.807, 2.05) is 4.90 Å². The maximum Gasteiger partial charge on any atom is 0.335 e. The van der Waals surface area contributed by atoms with Crippen molar-refractivity contribution in [1.82, 2.24) is 9.80 Å². The fraction of sp³-hybridized carbons (Fsp3) is 0.467. The van der Waals surface area contributed by atoms with E-state index in [1.165, 1.54) is 12.1 Å². The predicted octanol–water partition coefficient (Wildman–Crippen LogP) is 1.55. The van der Waals surface area contributed by atoms with Crippen molar-refractivity contribution in [3.63, 3.8) is 0 Å². The van der Waals surface area contributed by atoms with Gasteiger partial charge >= 0.3 is 5.97 Å². The minimum atomic E-state index is -0.977. The SMILES string of the molecule is CCC1CN(C(=O)c2ccc(C(=O)O)cc2)CCN1C. The molecule has 0 bridgehead atoms. The van der Waals surface area contributed by atoms with Crippen molar-refractivity contribution in [3.8, 4) is 0 Å². The number of piperazine rings is 1. The van der Waals surface area contributed by atoms with E-state index < -0.39 is 5.97 Å². The average molecular weight is 276 g/mol. The Bertz CT molecular complexity index is 498. The number of likely N-dealkylation sites (N-methyl/N-ethyl adjacent to an activating group) is 1. The van der Waals surface area contributed by atoms with E-state index >= 15 is 0 Å². The largest absolute Gasteiger partial charge is 0.478 e. The summed E-state index contributed by atoms with van der Waals surface area (Å²) in [6.07, 6.45) is 1.01. The van der Waals surface area contributed by atoms with Crippen molar-refractivity contribution >= 4 is 11.9 Å². The summed E-state index contributed by atoms with van der Waals surface area (Å²) < 4.78 is 0. The van der Waals surface area contributed by atoms with Crippen molar-refractivity contribution in [2.75, 3.05) is 26.7 Å². The number of amides is 1. The minimum absolute atomic E-state index is 0.0199. The molecule has 5 nitrogen and oxygen atoms in total. The molecular formula is C15H20N2O3. The highest BCUT2D eigenvalue weighted by atomic mass is 16.4. The lowest BCUT2D eigenvalue weighted by Crippen LogP contribution is -2.52. The Morgan fingerprint density at radius 1 is 1.20 bits per heavy atom. The molecule has 0 saturated carbocycles. The monoisotopic (exact) mass is 276 g/mol. The summed E-state index contributed by atoms with van der Waals surface area (Å²) in [5.74, 6) is -0.997. The summed E-state index contributed by atoms with van der Waals surface area (Å²) in [6, 6.07) is 6.52. The maximum absolute atomic E-state index is 12.4. The summed E-state index contributed by atoms with van der Waals surface area (Å²) in [4.78, 5) is 27.3. The van der Waals surface area contributed by atoms with E-state index in [0.717, 1.165) is 19.5 Å². The molecule has 0 spiro atoms. The van der Waals surface area contributed by atoms with Crippen LogP contribution in [0.4, 0.5) is 0 Å². The lowest BCUT2D eigenvalue weighted by Gasteiger charge is -2.39. The number of aromatic carboxylic acids is 1. The predicted molar refractivity (Wildman–Crippen MR) is 76.0 cm³/mol. The van der Waals surface area contributed by atoms with Gasteiger partial charge in [0.15, 0.2) is 0 Å². The molecule has 1 amide bonds. The summed E-state index contributed by atoms with van der Waals surface area (Å²) >= 11 is 0. The second-order valence-corrected chi connectivity index (χ2v) is 5.18. The van der Waals surface area contributed by atoms with Crippen molar-refractivity contribution < 1.29 is 14.7 Å². The topological polar surface area (TPSA) is 60.9 Å². The molecule has 1 aliphatic rings. The van der Waals surface area contributed by atoms with Gasteiger partial charge in [-0.15, -0.1) is 0 Å². The lowest BCUT2D eigenvalue weighted by atomic mass is 10.1. The van der Waals surface area contributed by atoms with E-state index in [0.29, 0.717) is 18.2 Å². The summed E-state index contributed by atoms with van der Waals surface area (Å²) in [7, 11) is 2.08. The molecule has 0 radical (unpaired) electrons. The number of carboxylic acids is 1. The first-order valence-corrected chi connectivity index (χ1v) is 6.85. The normalized spacial score (nSPS) is 19.9. The van der Waals surface area contributed by atoms with Gasteiger partial charge in [-0.1, -0.05) is 6.92 Å². The van der Waals surface area contributed by atoms with Gasteiger partial charge in [0.1, 0.15) is 0 Å². The van der Waals surface area contributed by atoms with Crippen LogP contribution in [0.15, 0.2) is 24.3 Å². The molecule has 5 heteroatoms. The van der Waals surface area contributed by atoms with Gasteiger partial charge in [-0.2, -0.15) is 0 Å². The van der Waals surface area contributed by atoms with Gasteiger partial charge in [-0.05, 0) is 37.7 Å². The molecule has 1 aromatic rings. The Hall–Kier alpha value is -1.88. The Morgan fingerprint density at radius 3 is 2.35 bits per heavy atom. The highest BCUT2D eigenvalue weighted by Gasteiger charge is 2.26. The van der Waals surface area contributed by atoms with E-state index in [2.05, 4.69) is 18.9 Å². The van der Waals surface area contributed by atoms with Gasteiger partial charge in [0.05, 0.1) is 5.56 Å². The van der Waals surface area contributed by atoms with Gasteiger partial charge in [-0.25, -0.2) is 4.79 Å². The number of carboxylic acid groups (broad SMARTS) is 1. The van der Waals surface area contributed by atoms with Crippen LogP contribution in [0.3, 0.4) is 0 Å². The van der Waals surface area contributed by atoms with Gasteiger partial charge in [0.25, 0.3) is 5.91 Å². The van der Waals surface area contributed by atoms with E-state index in [1.54, 1.807) is 12.1 Å². The van der Waals surface area contributed by atoms with Crippen LogP contribution in [0.5, 0.6) is 0 Å². The maximum atomic E-state index is 12.4. The molecule has 1 unspecified atom stereocenters. The highest BCUT2D eigenvalue weighted by molar-refractivity contribution is 5.96. The number of hydrogen-bond acceptors (Lipinski definition) is 3. The Kier molecular flexibility index (Phi) is 4.39. The third-order valence-corrected chi connectivity index (χ3v) is 3.91.